The molecule has 2 heterocycles. The van der Waals surface area contributed by atoms with Crippen LogP contribution in [0, 0.1) is 0 Å². The molecule has 1 aliphatic heterocycles. The van der Waals surface area contributed by atoms with Crippen LogP contribution in [0.4, 0.5) is 10.5 Å². The van der Waals surface area contributed by atoms with Gasteiger partial charge in [0.05, 0.1) is 5.88 Å². The van der Waals surface area contributed by atoms with Gasteiger partial charge in [-0.15, -0.1) is 9.78 Å². The number of thioether (sulfide) groups is 1. The van der Waals surface area contributed by atoms with Gasteiger partial charge in [-0.1, -0.05) is 35.1 Å². The molecule has 0 aliphatic carbocycles. The zero-order valence-electron chi connectivity index (χ0n) is 15.0. The summed E-state index contributed by atoms with van der Waals surface area (Å²) in [6.45, 7) is 6.19. The van der Waals surface area contributed by atoms with E-state index in [9.17, 15) is 9.59 Å². The van der Waals surface area contributed by atoms with Gasteiger partial charge in [-0.25, -0.2) is 9.59 Å². The highest BCUT2D eigenvalue weighted by molar-refractivity contribution is 8.13. The van der Waals surface area contributed by atoms with Gasteiger partial charge in [0.15, 0.2) is 0 Å². The van der Waals surface area contributed by atoms with Crippen molar-refractivity contribution >= 4 is 28.5 Å². The third-order valence-corrected chi connectivity index (χ3v) is 4.83. The Balaban J connectivity index is 1.72. The van der Waals surface area contributed by atoms with Gasteiger partial charge >= 0.3 is 11.7 Å². The molecule has 0 unspecified atom stereocenters. The average Bonchev–Trinajstić information content (AvgIpc) is 3.16. The molecule has 3 rings (SSSR count). The van der Waals surface area contributed by atoms with E-state index in [-0.39, 0.29) is 5.60 Å². The second-order valence-electron chi connectivity index (χ2n) is 6.44. The van der Waals surface area contributed by atoms with Gasteiger partial charge in [0.2, 0.25) is 0 Å². The van der Waals surface area contributed by atoms with Crippen LogP contribution in [0.3, 0.4) is 0 Å². The standard InChI is InChI=1S/C17H21N5O3S/c1-4-21(13-8-6-5-7-9-13)16(24)22-15(23)20(11-18-22)12-26-14-10-17(2,3)25-19-14/h5-9,11H,4,10,12H2,1-3H3. The topological polar surface area (TPSA) is 81.7 Å². The Labute approximate surface area is 155 Å². The molecular formula is C17H21N5O3S. The normalized spacial score (nSPS) is 15.4. The Kier molecular flexibility index (Phi) is 5.17. The lowest BCUT2D eigenvalue weighted by Crippen LogP contribution is -2.41. The smallest absolute Gasteiger partial charge is 0.355 e. The van der Waals surface area contributed by atoms with Crippen molar-refractivity contribution in [2.45, 2.75) is 38.7 Å². The number of oxime groups is 1. The molecule has 9 heteroatoms. The second-order valence-corrected chi connectivity index (χ2v) is 7.46. The van der Waals surface area contributed by atoms with Gasteiger partial charge in [0, 0.05) is 18.7 Å². The van der Waals surface area contributed by atoms with Gasteiger partial charge in [-0.3, -0.25) is 9.47 Å². The minimum atomic E-state index is -0.477. The van der Waals surface area contributed by atoms with Crippen molar-refractivity contribution in [3.8, 4) is 0 Å². The fourth-order valence-electron chi connectivity index (χ4n) is 2.53. The Morgan fingerprint density at radius 2 is 2.08 bits per heavy atom. The molecule has 0 bridgehead atoms. The predicted octanol–water partition coefficient (Wildman–Crippen LogP) is 2.74. The lowest BCUT2D eigenvalue weighted by molar-refractivity contribution is 0.0123. The Bertz CT molecular complexity index is 872. The van der Waals surface area contributed by atoms with Crippen molar-refractivity contribution in [2.24, 2.45) is 5.16 Å². The summed E-state index contributed by atoms with van der Waals surface area (Å²) in [6, 6.07) is 8.72. The molecule has 138 valence electrons. The number of carbonyl (C=O) groups excluding carboxylic acids is 1. The van der Waals surface area contributed by atoms with Crippen molar-refractivity contribution in [3.05, 3.63) is 47.1 Å². The number of anilines is 1. The fraction of sp³-hybridized carbons (Fsp3) is 0.412. The van der Waals surface area contributed by atoms with E-state index in [2.05, 4.69) is 10.3 Å². The number of hydrogen-bond acceptors (Lipinski definition) is 6. The number of aromatic nitrogens is 3. The van der Waals surface area contributed by atoms with E-state index in [1.165, 1.54) is 27.6 Å². The number of hydrogen-bond donors (Lipinski definition) is 0. The van der Waals surface area contributed by atoms with Gasteiger partial charge in [0.1, 0.15) is 17.0 Å². The van der Waals surface area contributed by atoms with Crippen LogP contribution in [0.15, 0.2) is 46.6 Å². The molecule has 0 N–H and O–H groups in total. The van der Waals surface area contributed by atoms with E-state index in [0.29, 0.717) is 18.8 Å². The second kappa shape index (κ2) is 7.36. The summed E-state index contributed by atoms with van der Waals surface area (Å²) < 4.78 is 2.27. The van der Waals surface area contributed by atoms with E-state index in [1.54, 1.807) is 0 Å². The van der Waals surface area contributed by atoms with E-state index in [1.807, 2.05) is 51.1 Å². The van der Waals surface area contributed by atoms with E-state index in [4.69, 9.17) is 4.84 Å². The molecule has 0 atom stereocenters. The summed E-state index contributed by atoms with van der Waals surface area (Å²) in [5.74, 6) is 0.321. The lowest BCUT2D eigenvalue weighted by atomic mass is 10.1. The maximum absolute atomic E-state index is 12.7. The molecule has 8 nitrogen and oxygen atoms in total. The minimum absolute atomic E-state index is 0.315. The first-order chi connectivity index (χ1) is 12.4. The van der Waals surface area contributed by atoms with Crippen LogP contribution < -0.4 is 10.6 Å². The summed E-state index contributed by atoms with van der Waals surface area (Å²) in [7, 11) is 0. The maximum Gasteiger partial charge on any atom is 0.355 e. The number of carbonyl (C=O) groups is 1. The van der Waals surface area contributed by atoms with Gasteiger partial charge in [-0.2, -0.15) is 0 Å². The first kappa shape index (κ1) is 18.2. The summed E-state index contributed by atoms with van der Waals surface area (Å²) in [4.78, 5) is 32.1. The molecule has 1 aliphatic rings. The highest BCUT2D eigenvalue weighted by Crippen LogP contribution is 2.27. The summed E-state index contributed by atoms with van der Waals surface area (Å²) >= 11 is 1.40. The van der Waals surface area contributed by atoms with Gasteiger partial charge in [0.25, 0.3) is 0 Å². The maximum atomic E-state index is 12.7. The first-order valence-electron chi connectivity index (χ1n) is 8.30. The summed E-state index contributed by atoms with van der Waals surface area (Å²) in [5, 5.41) is 8.81. The monoisotopic (exact) mass is 375 g/mol. The van der Waals surface area contributed by atoms with Crippen LogP contribution in [-0.2, 0) is 10.7 Å². The van der Waals surface area contributed by atoms with Gasteiger partial charge in [-0.05, 0) is 32.9 Å². The van der Waals surface area contributed by atoms with Gasteiger partial charge < -0.3 is 4.84 Å². The van der Waals surface area contributed by atoms with Crippen LogP contribution in [0.2, 0.25) is 0 Å². The highest BCUT2D eigenvalue weighted by Gasteiger charge is 2.29. The molecule has 0 saturated heterocycles. The van der Waals surface area contributed by atoms with E-state index in [0.717, 1.165) is 15.4 Å². The zero-order chi connectivity index (χ0) is 18.7. The molecule has 26 heavy (non-hydrogen) atoms. The fourth-order valence-corrected chi connectivity index (χ4v) is 3.53. The van der Waals surface area contributed by atoms with E-state index < -0.39 is 11.7 Å². The minimum Gasteiger partial charge on any atom is -0.389 e. The summed E-state index contributed by atoms with van der Waals surface area (Å²) in [6.07, 6.45) is 2.06. The van der Waals surface area contributed by atoms with Crippen molar-refractivity contribution in [1.29, 1.82) is 0 Å². The SMILES string of the molecule is CCN(C(=O)n1ncn(CSC2=NOC(C)(C)C2)c1=O)c1ccccc1. The number of rotatable bonds is 4. The molecule has 1 aromatic carbocycles. The van der Waals surface area contributed by atoms with Crippen LogP contribution in [0.1, 0.15) is 27.2 Å². The van der Waals surface area contributed by atoms with Crippen molar-refractivity contribution in [3.63, 3.8) is 0 Å². The number of nitrogens with zero attached hydrogens (tertiary/aromatic N) is 5. The number of benzene rings is 1. The van der Waals surface area contributed by atoms with Crippen molar-refractivity contribution in [2.75, 3.05) is 11.4 Å². The van der Waals surface area contributed by atoms with Crippen LogP contribution in [0.25, 0.3) is 0 Å². The quantitative estimate of drug-likeness (QED) is 0.821. The molecule has 0 saturated carbocycles. The Hall–Kier alpha value is -2.55. The van der Waals surface area contributed by atoms with Crippen molar-refractivity contribution < 1.29 is 9.63 Å². The zero-order valence-corrected chi connectivity index (χ0v) is 15.8. The Morgan fingerprint density at radius 3 is 2.69 bits per heavy atom. The molecule has 0 spiro atoms. The highest BCUT2D eigenvalue weighted by atomic mass is 32.2. The summed E-state index contributed by atoms with van der Waals surface area (Å²) in [5.41, 5.74) is -0.0729. The van der Waals surface area contributed by atoms with Crippen LogP contribution in [-0.4, -0.2) is 37.6 Å². The largest absolute Gasteiger partial charge is 0.389 e. The molecule has 0 fully saturated rings. The average molecular weight is 375 g/mol. The molecule has 2 aromatic rings. The third kappa shape index (κ3) is 3.82. The molecule has 1 amide bonds. The van der Waals surface area contributed by atoms with E-state index >= 15 is 0 Å². The van der Waals surface area contributed by atoms with Crippen LogP contribution >= 0.6 is 11.8 Å². The predicted molar refractivity (Wildman–Crippen MR) is 102 cm³/mol. The van der Waals surface area contributed by atoms with Crippen LogP contribution in [0.5, 0.6) is 0 Å². The number of amides is 1. The number of para-hydroxylation sites is 1. The lowest BCUT2D eigenvalue weighted by Gasteiger charge is -2.19. The Morgan fingerprint density at radius 1 is 1.35 bits per heavy atom. The third-order valence-electron chi connectivity index (χ3n) is 3.87. The first-order valence-corrected chi connectivity index (χ1v) is 9.29. The molecular weight excluding hydrogens is 354 g/mol. The van der Waals surface area contributed by atoms with Crippen molar-refractivity contribution in [1.82, 2.24) is 14.3 Å². The molecule has 1 aromatic heterocycles. The molecule has 0 radical (unpaired) electrons.